The fourth-order valence-corrected chi connectivity index (χ4v) is 4.67. The molecule has 0 radical (unpaired) electrons. The lowest BCUT2D eigenvalue weighted by Gasteiger charge is -2.43. The number of nitrogens with zero attached hydrogens (tertiary/aromatic N) is 1. The monoisotopic (exact) mass is 274 g/mol. The number of piperazine rings is 1. The van der Waals surface area contributed by atoms with Crippen molar-refractivity contribution in [1.29, 1.82) is 0 Å². The van der Waals surface area contributed by atoms with E-state index in [0.717, 1.165) is 38.8 Å². The maximum Gasteiger partial charge on any atom is 0.150 e. The smallest absolute Gasteiger partial charge is 0.150 e. The highest BCUT2D eigenvalue weighted by Crippen LogP contribution is 2.28. The van der Waals surface area contributed by atoms with Crippen molar-refractivity contribution in [3.8, 4) is 0 Å². The number of hydrogen-bond donors (Lipinski definition) is 1. The molecule has 0 spiro atoms. The Morgan fingerprint density at radius 3 is 2.28 bits per heavy atom. The van der Waals surface area contributed by atoms with Crippen molar-refractivity contribution < 1.29 is 8.42 Å². The molecule has 106 valence electrons. The Labute approximate surface area is 111 Å². The fraction of sp³-hybridized carbons (Fsp3) is 1.00. The van der Waals surface area contributed by atoms with Gasteiger partial charge in [0.1, 0.15) is 9.84 Å². The van der Waals surface area contributed by atoms with E-state index in [9.17, 15) is 8.42 Å². The third-order valence-electron chi connectivity index (χ3n) is 4.31. The quantitative estimate of drug-likeness (QED) is 0.817. The van der Waals surface area contributed by atoms with Crippen molar-refractivity contribution in [3.63, 3.8) is 0 Å². The van der Waals surface area contributed by atoms with Crippen molar-refractivity contribution in [2.75, 3.05) is 19.3 Å². The predicted molar refractivity (Wildman–Crippen MR) is 74.5 cm³/mol. The van der Waals surface area contributed by atoms with Gasteiger partial charge >= 0.3 is 0 Å². The summed E-state index contributed by atoms with van der Waals surface area (Å²) in [6.45, 7) is 6.51. The van der Waals surface area contributed by atoms with Gasteiger partial charge in [0.25, 0.3) is 0 Å². The van der Waals surface area contributed by atoms with Crippen LogP contribution in [0.2, 0.25) is 0 Å². The Kier molecular flexibility index (Phi) is 4.34. The number of nitrogens with one attached hydrogen (secondary N) is 1. The average Bonchev–Trinajstić information content (AvgIpc) is 2.27. The van der Waals surface area contributed by atoms with Crippen molar-refractivity contribution in [2.45, 2.75) is 62.9 Å². The average molecular weight is 274 g/mol. The molecular weight excluding hydrogens is 248 g/mol. The molecule has 4 atom stereocenters. The molecule has 1 N–H and O–H groups in total. The first-order valence-corrected chi connectivity index (χ1v) is 9.00. The second-order valence-electron chi connectivity index (χ2n) is 6.19. The summed E-state index contributed by atoms with van der Waals surface area (Å²) in [4.78, 5) is 2.50. The molecule has 1 aliphatic heterocycles. The van der Waals surface area contributed by atoms with E-state index in [1.165, 1.54) is 6.26 Å². The molecule has 1 saturated heterocycles. The molecular formula is C13H26N2O2S. The van der Waals surface area contributed by atoms with Gasteiger partial charge in [0.15, 0.2) is 0 Å². The van der Waals surface area contributed by atoms with Crippen LogP contribution in [0.1, 0.15) is 39.5 Å². The van der Waals surface area contributed by atoms with Crippen molar-refractivity contribution in [2.24, 2.45) is 0 Å². The predicted octanol–water partition coefficient (Wildman–Crippen LogP) is 1.02. The summed E-state index contributed by atoms with van der Waals surface area (Å²) in [7, 11) is -2.87. The lowest BCUT2D eigenvalue weighted by Crippen LogP contribution is -2.58. The molecule has 1 heterocycles. The minimum atomic E-state index is -2.87. The molecule has 4 unspecified atom stereocenters. The second-order valence-corrected chi connectivity index (χ2v) is 8.52. The molecule has 0 bridgehead atoms. The molecule has 0 aromatic rings. The Morgan fingerprint density at radius 2 is 1.72 bits per heavy atom. The van der Waals surface area contributed by atoms with Crippen LogP contribution < -0.4 is 5.32 Å². The van der Waals surface area contributed by atoms with Gasteiger partial charge in [-0.2, -0.15) is 0 Å². The van der Waals surface area contributed by atoms with Crippen LogP contribution in [-0.2, 0) is 9.84 Å². The van der Waals surface area contributed by atoms with Gasteiger partial charge in [0.2, 0.25) is 0 Å². The van der Waals surface area contributed by atoms with E-state index in [1.807, 2.05) is 0 Å². The third-order valence-corrected chi connectivity index (χ3v) is 5.95. The molecule has 18 heavy (non-hydrogen) atoms. The third kappa shape index (κ3) is 3.45. The Balaban J connectivity index is 2.00. The first-order chi connectivity index (χ1) is 8.36. The topological polar surface area (TPSA) is 49.4 Å². The van der Waals surface area contributed by atoms with E-state index in [0.29, 0.717) is 18.1 Å². The van der Waals surface area contributed by atoms with Gasteiger partial charge in [-0.05, 0) is 33.1 Å². The highest BCUT2D eigenvalue weighted by molar-refractivity contribution is 7.91. The van der Waals surface area contributed by atoms with Crippen LogP contribution in [0, 0.1) is 0 Å². The molecule has 0 aromatic carbocycles. The maximum absolute atomic E-state index is 11.7. The normalized spacial score (nSPS) is 39.7. The van der Waals surface area contributed by atoms with Crippen LogP contribution in [0.25, 0.3) is 0 Å². The standard InChI is InChI=1S/C13H26N2O2S/c1-10-8-15(9-11(2)14-10)12-5-4-6-13(7-12)18(3,16)17/h10-14H,4-9H2,1-3H3. The Morgan fingerprint density at radius 1 is 1.11 bits per heavy atom. The van der Waals surface area contributed by atoms with Crippen molar-refractivity contribution in [3.05, 3.63) is 0 Å². The second kappa shape index (κ2) is 5.47. The van der Waals surface area contributed by atoms with E-state index in [-0.39, 0.29) is 5.25 Å². The summed E-state index contributed by atoms with van der Waals surface area (Å²) < 4.78 is 23.4. The van der Waals surface area contributed by atoms with Crippen LogP contribution in [0.5, 0.6) is 0 Å². The minimum Gasteiger partial charge on any atom is -0.309 e. The van der Waals surface area contributed by atoms with Crippen LogP contribution in [0.15, 0.2) is 0 Å². The van der Waals surface area contributed by atoms with Crippen LogP contribution in [0.3, 0.4) is 0 Å². The van der Waals surface area contributed by atoms with E-state index in [1.54, 1.807) is 0 Å². The van der Waals surface area contributed by atoms with E-state index in [4.69, 9.17) is 0 Å². The Bertz CT molecular complexity index is 372. The van der Waals surface area contributed by atoms with Gasteiger partial charge < -0.3 is 5.32 Å². The van der Waals surface area contributed by atoms with Gasteiger partial charge in [-0.15, -0.1) is 0 Å². The molecule has 2 rings (SSSR count). The summed E-state index contributed by atoms with van der Waals surface area (Å²) in [5.74, 6) is 0. The van der Waals surface area contributed by atoms with E-state index in [2.05, 4.69) is 24.1 Å². The van der Waals surface area contributed by atoms with Crippen molar-refractivity contribution in [1.82, 2.24) is 10.2 Å². The zero-order valence-electron chi connectivity index (χ0n) is 11.7. The minimum absolute atomic E-state index is 0.114. The maximum atomic E-state index is 11.7. The van der Waals surface area contributed by atoms with Crippen molar-refractivity contribution >= 4 is 9.84 Å². The van der Waals surface area contributed by atoms with Crippen LogP contribution >= 0.6 is 0 Å². The molecule has 1 saturated carbocycles. The van der Waals surface area contributed by atoms with Gasteiger partial charge in [-0.25, -0.2) is 8.42 Å². The van der Waals surface area contributed by atoms with E-state index < -0.39 is 9.84 Å². The van der Waals surface area contributed by atoms with Crippen LogP contribution in [0.4, 0.5) is 0 Å². The molecule has 0 aromatic heterocycles. The summed E-state index contributed by atoms with van der Waals surface area (Å²) in [5.41, 5.74) is 0. The molecule has 1 aliphatic carbocycles. The Hall–Kier alpha value is -0.130. The lowest BCUT2D eigenvalue weighted by atomic mass is 9.92. The molecule has 5 heteroatoms. The van der Waals surface area contributed by atoms with Gasteiger partial charge in [0.05, 0.1) is 5.25 Å². The fourth-order valence-electron chi connectivity index (χ4n) is 3.51. The highest BCUT2D eigenvalue weighted by Gasteiger charge is 2.34. The highest BCUT2D eigenvalue weighted by atomic mass is 32.2. The lowest BCUT2D eigenvalue weighted by molar-refractivity contribution is 0.0996. The summed E-state index contributed by atoms with van der Waals surface area (Å²) >= 11 is 0. The molecule has 0 amide bonds. The van der Waals surface area contributed by atoms with E-state index >= 15 is 0 Å². The zero-order valence-corrected chi connectivity index (χ0v) is 12.5. The first-order valence-electron chi connectivity index (χ1n) is 7.05. The van der Waals surface area contributed by atoms with Crippen LogP contribution in [-0.4, -0.2) is 56.0 Å². The molecule has 4 nitrogen and oxygen atoms in total. The first kappa shape index (κ1) is 14.3. The largest absolute Gasteiger partial charge is 0.309 e. The number of sulfone groups is 1. The molecule has 2 aliphatic rings. The van der Waals surface area contributed by atoms with Gasteiger partial charge in [0, 0.05) is 37.5 Å². The summed E-state index contributed by atoms with van der Waals surface area (Å²) in [5, 5.41) is 3.42. The van der Waals surface area contributed by atoms with Gasteiger partial charge in [-0.1, -0.05) is 6.42 Å². The zero-order chi connectivity index (χ0) is 13.3. The molecule has 2 fully saturated rings. The van der Waals surface area contributed by atoms with Gasteiger partial charge in [-0.3, -0.25) is 4.90 Å². The SMILES string of the molecule is CC1CN(C2CCCC(S(C)(=O)=O)C2)CC(C)N1. The number of hydrogen-bond acceptors (Lipinski definition) is 4. The summed E-state index contributed by atoms with van der Waals surface area (Å²) in [6, 6.07) is 1.48. The number of rotatable bonds is 2. The summed E-state index contributed by atoms with van der Waals surface area (Å²) in [6.07, 6.45) is 5.29.